The number of amides is 4. The van der Waals surface area contributed by atoms with Gasteiger partial charge in [-0.15, -0.1) is 0 Å². The SMILES string of the molecule is Cc1cc(SC#N)ccc1NC(=O)COC(=O)CN1C(=O)N[C@](C)(C2CC2)C1=O. The molecule has 10 heteroatoms. The molecule has 1 saturated carbocycles. The van der Waals surface area contributed by atoms with Gasteiger partial charge in [-0.1, -0.05) is 0 Å². The second-order valence-electron chi connectivity index (χ2n) is 7.18. The number of rotatable bonds is 7. The van der Waals surface area contributed by atoms with Gasteiger partial charge >= 0.3 is 12.0 Å². The van der Waals surface area contributed by atoms with Crippen LogP contribution in [0.3, 0.4) is 0 Å². The Morgan fingerprint density at radius 3 is 2.76 bits per heavy atom. The number of aryl methyl sites for hydroxylation is 1. The fraction of sp³-hybridized carbons (Fsp3) is 0.421. The molecule has 1 aliphatic carbocycles. The number of ether oxygens (including phenoxy) is 1. The van der Waals surface area contributed by atoms with Gasteiger partial charge in [0.1, 0.15) is 17.5 Å². The summed E-state index contributed by atoms with van der Waals surface area (Å²) < 4.78 is 4.91. The maximum Gasteiger partial charge on any atom is 0.326 e. The van der Waals surface area contributed by atoms with Crippen molar-refractivity contribution in [1.82, 2.24) is 10.2 Å². The molecule has 1 heterocycles. The number of nitrogens with one attached hydrogen (secondary N) is 2. The molecule has 0 bridgehead atoms. The van der Waals surface area contributed by atoms with Crippen LogP contribution >= 0.6 is 11.8 Å². The summed E-state index contributed by atoms with van der Waals surface area (Å²) in [4.78, 5) is 50.2. The van der Waals surface area contributed by atoms with Crippen LogP contribution in [0.25, 0.3) is 0 Å². The number of benzene rings is 1. The van der Waals surface area contributed by atoms with Gasteiger partial charge in [0, 0.05) is 10.6 Å². The molecule has 0 spiro atoms. The topological polar surface area (TPSA) is 129 Å². The largest absolute Gasteiger partial charge is 0.454 e. The molecule has 1 atom stereocenters. The van der Waals surface area contributed by atoms with Crippen LogP contribution < -0.4 is 10.6 Å². The molecule has 2 N–H and O–H groups in total. The first-order valence-corrected chi connectivity index (χ1v) is 9.82. The predicted molar refractivity (Wildman–Crippen MR) is 104 cm³/mol. The highest BCUT2D eigenvalue weighted by molar-refractivity contribution is 8.03. The number of thioether (sulfide) groups is 1. The molecule has 0 aromatic heterocycles. The number of hydrogen-bond acceptors (Lipinski definition) is 7. The average Bonchev–Trinajstić information content (AvgIpc) is 3.49. The molecule has 1 aromatic carbocycles. The van der Waals surface area contributed by atoms with Gasteiger partial charge in [-0.05, 0) is 68.1 Å². The van der Waals surface area contributed by atoms with Gasteiger partial charge in [-0.25, -0.2) is 4.79 Å². The van der Waals surface area contributed by atoms with Crippen LogP contribution in [0.4, 0.5) is 10.5 Å². The van der Waals surface area contributed by atoms with Crippen LogP contribution in [-0.4, -0.2) is 47.4 Å². The summed E-state index contributed by atoms with van der Waals surface area (Å²) in [6.45, 7) is 2.35. The fourth-order valence-corrected chi connectivity index (χ4v) is 3.67. The van der Waals surface area contributed by atoms with Crippen LogP contribution in [0.2, 0.25) is 0 Å². The van der Waals surface area contributed by atoms with Crippen molar-refractivity contribution in [2.75, 3.05) is 18.5 Å². The molecule has 152 valence electrons. The van der Waals surface area contributed by atoms with E-state index in [4.69, 9.17) is 10.00 Å². The molecular weight excluding hydrogens is 396 g/mol. The number of imide groups is 1. The lowest BCUT2D eigenvalue weighted by Gasteiger charge is -2.20. The van der Waals surface area contributed by atoms with Crippen LogP contribution in [-0.2, 0) is 19.1 Å². The summed E-state index contributed by atoms with van der Waals surface area (Å²) >= 11 is 1.01. The number of nitriles is 1. The van der Waals surface area contributed by atoms with E-state index in [0.717, 1.165) is 40.0 Å². The summed E-state index contributed by atoms with van der Waals surface area (Å²) in [5.74, 6) is -1.76. The van der Waals surface area contributed by atoms with Gasteiger partial charge in [0.15, 0.2) is 6.61 Å². The Kier molecular flexibility index (Phi) is 5.79. The van der Waals surface area contributed by atoms with Gasteiger partial charge in [0.2, 0.25) is 0 Å². The number of anilines is 1. The maximum absolute atomic E-state index is 12.5. The summed E-state index contributed by atoms with van der Waals surface area (Å²) in [7, 11) is 0. The number of carbonyl (C=O) groups excluding carboxylic acids is 4. The minimum absolute atomic E-state index is 0.0898. The minimum atomic E-state index is -0.970. The van der Waals surface area contributed by atoms with Gasteiger partial charge in [0.05, 0.1) is 0 Å². The number of nitrogens with zero attached hydrogens (tertiary/aromatic N) is 2. The molecule has 1 saturated heterocycles. The van der Waals surface area contributed by atoms with Crippen LogP contribution in [0, 0.1) is 23.5 Å². The first-order valence-electron chi connectivity index (χ1n) is 9.00. The second kappa shape index (κ2) is 8.13. The molecular formula is C19H20N4O5S. The third-order valence-electron chi connectivity index (χ3n) is 4.98. The smallest absolute Gasteiger partial charge is 0.326 e. The first-order chi connectivity index (χ1) is 13.7. The minimum Gasteiger partial charge on any atom is -0.454 e. The molecule has 4 amide bonds. The van der Waals surface area contributed by atoms with E-state index in [9.17, 15) is 19.2 Å². The lowest BCUT2D eigenvalue weighted by atomic mass is 9.96. The fourth-order valence-electron chi connectivity index (χ4n) is 3.20. The van der Waals surface area contributed by atoms with Gasteiger partial charge in [0.25, 0.3) is 11.8 Å². The van der Waals surface area contributed by atoms with Gasteiger partial charge in [-0.3, -0.25) is 19.3 Å². The highest BCUT2D eigenvalue weighted by Crippen LogP contribution is 2.42. The highest BCUT2D eigenvalue weighted by atomic mass is 32.2. The third kappa shape index (κ3) is 4.51. The van der Waals surface area contributed by atoms with E-state index in [2.05, 4.69) is 10.6 Å². The van der Waals surface area contributed by atoms with Crippen LogP contribution in [0.15, 0.2) is 23.1 Å². The van der Waals surface area contributed by atoms with Crippen molar-refractivity contribution < 1.29 is 23.9 Å². The van der Waals surface area contributed by atoms with Crippen molar-refractivity contribution >= 4 is 41.3 Å². The van der Waals surface area contributed by atoms with Crippen molar-refractivity contribution in [2.24, 2.45) is 5.92 Å². The second-order valence-corrected chi connectivity index (χ2v) is 8.04. The molecule has 2 aliphatic rings. The lowest BCUT2D eigenvalue weighted by molar-refractivity contribution is -0.150. The number of esters is 1. The Labute approximate surface area is 171 Å². The number of carbonyl (C=O) groups is 4. The Hall–Kier alpha value is -3.06. The number of urea groups is 1. The molecule has 0 radical (unpaired) electrons. The Morgan fingerprint density at radius 2 is 2.14 bits per heavy atom. The Morgan fingerprint density at radius 1 is 1.41 bits per heavy atom. The van der Waals surface area contributed by atoms with Crippen molar-refractivity contribution in [3.8, 4) is 5.40 Å². The van der Waals surface area contributed by atoms with E-state index in [1.165, 1.54) is 0 Å². The lowest BCUT2D eigenvalue weighted by Crippen LogP contribution is -2.46. The monoisotopic (exact) mass is 416 g/mol. The Balaban J connectivity index is 1.49. The van der Waals surface area contributed by atoms with Crippen molar-refractivity contribution in [2.45, 2.75) is 37.1 Å². The first kappa shape index (κ1) is 20.7. The molecule has 1 aromatic rings. The Bertz CT molecular complexity index is 924. The summed E-state index contributed by atoms with van der Waals surface area (Å²) in [5.41, 5.74) is 0.314. The van der Waals surface area contributed by atoms with E-state index < -0.39 is 42.5 Å². The van der Waals surface area contributed by atoms with E-state index in [1.807, 2.05) is 5.40 Å². The van der Waals surface area contributed by atoms with E-state index in [1.54, 1.807) is 32.0 Å². The summed E-state index contributed by atoms with van der Waals surface area (Å²) in [6.07, 6.45) is 1.72. The number of hydrogen-bond donors (Lipinski definition) is 2. The van der Waals surface area contributed by atoms with Crippen molar-refractivity contribution in [1.29, 1.82) is 5.26 Å². The molecule has 2 fully saturated rings. The van der Waals surface area contributed by atoms with Gasteiger partial charge in [-0.2, -0.15) is 5.26 Å². The molecule has 0 unspecified atom stereocenters. The normalized spacial score (nSPS) is 20.8. The zero-order valence-electron chi connectivity index (χ0n) is 16.0. The predicted octanol–water partition coefficient (Wildman–Crippen LogP) is 1.77. The standard InChI is InChI=1S/C19H20N4O5S/c1-11-7-13(29-10-20)5-6-14(11)21-15(24)9-28-16(25)8-23-17(26)19(2,12-3-4-12)22-18(23)27/h5-7,12H,3-4,8-9H2,1-2H3,(H,21,24)(H,22,27)/t19-/m1/s1. The molecule has 3 rings (SSSR count). The molecule has 29 heavy (non-hydrogen) atoms. The van der Waals surface area contributed by atoms with E-state index in [0.29, 0.717) is 5.69 Å². The van der Waals surface area contributed by atoms with Gasteiger partial charge < -0.3 is 15.4 Å². The highest BCUT2D eigenvalue weighted by Gasteiger charge is 2.56. The maximum atomic E-state index is 12.5. The van der Waals surface area contributed by atoms with E-state index >= 15 is 0 Å². The zero-order chi connectivity index (χ0) is 21.2. The van der Waals surface area contributed by atoms with Crippen molar-refractivity contribution in [3.63, 3.8) is 0 Å². The van der Waals surface area contributed by atoms with Crippen LogP contribution in [0.5, 0.6) is 0 Å². The van der Waals surface area contributed by atoms with Crippen LogP contribution in [0.1, 0.15) is 25.3 Å². The summed E-state index contributed by atoms with van der Waals surface area (Å²) in [6, 6.07) is 4.47. The average molecular weight is 416 g/mol. The third-order valence-corrected chi connectivity index (χ3v) is 5.56. The quantitative estimate of drug-likeness (QED) is 0.300. The molecule has 1 aliphatic heterocycles. The zero-order valence-corrected chi connectivity index (χ0v) is 16.8. The van der Waals surface area contributed by atoms with E-state index in [-0.39, 0.29) is 5.92 Å². The molecule has 9 nitrogen and oxygen atoms in total. The number of thiocyanates is 1. The van der Waals surface area contributed by atoms with Crippen molar-refractivity contribution in [3.05, 3.63) is 23.8 Å². The summed E-state index contributed by atoms with van der Waals surface area (Å²) in [5, 5.41) is 15.9.